The van der Waals surface area contributed by atoms with Crippen LogP contribution in [-0.2, 0) is 25.7 Å². The van der Waals surface area contributed by atoms with Crippen LogP contribution in [0.2, 0.25) is 0 Å². The van der Waals surface area contributed by atoms with Gasteiger partial charge in [0.25, 0.3) is 0 Å². The van der Waals surface area contributed by atoms with Crippen molar-refractivity contribution in [1.29, 1.82) is 0 Å². The van der Waals surface area contributed by atoms with Crippen LogP contribution >= 0.6 is 0 Å². The van der Waals surface area contributed by atoms with E-state index in [0.717, 1.165) is 24.3 Å². The normalized spacial score (nSPS) is 22.5. The molecule has 0 spiro atoms. The fourth-order valence-electron chi connectivity index (χ4n) is 3.92. The molecule has 1 aromatic carbocycles. The summed E-state index contributed by atoms with van der Waals surface area (Å²) >= 11 is 0. The van der Waals surface area contributed by atoms with E-state index in [4.69, 9.17) is 4.74 Å². The van der Waals surface area contributed by atoms with Crippen LogP contribution in [0, 0.1) is 0 Å². The van der Waals surface area contributed by atoms with Crippen molar-refractivity contribution in [2.45, 2.75) is 30.0 Å². The maximum Gasteiger partial charge on any atom is 0.416 e. The molecule has 2 fully saturated rings. The van der Waals surface area contributed by atoms with Gasteiger partial charge in [0.05, 0.1) is 23.1 Å². The first-order valence-electron chi connectivity index (χ1n) is 9.84. The topological polar surface area (TPSA) is 70.2 Å². The van der Waals surface area contributed by atoms with E-state index in [9.17, 15) is 26.4 Å². The summed E-state index contributed by atoms with van der Waals surface area (Å²) in [7, 11) is -2.32. The van der Waals surface area contributed by atoms with Gasteiger partial charge in [-0.1, -0.05) is 0 Å². The number of benzene rings is 1. The Hall–Kier alpha value is -1.69. The number of rotatable bonds is 6. The minimum absolute atomic E-state index is 0.0334. The third kappa shape index (κ3) is 4.96. The molecule has 1 atom stereocenters. The molecule has 30 heavy (non-hydrogen) atoms. The second-order valence-corrected chi connectivity index (χ2v) is 9.38. The molecule has 0 saturated carbocycles. The molecule has 7 nitrogen and oxygen atoms in total. The molecule has 1 amide bonds. The fourth-order valence-corrected chi connectivity index (χ4v) is 5.39. The van der Waals surface area contributed by atoms with Crippen LogP contribution < -0.4 is 0 Å². The van der Waals surface area contributed by atoms with E-state index in [1.807, 2.05) is 4.90 Å². The van der Waals surface area contributed by atoms with E-state index in [-0.39, 0.29) is 29.9 Å². The molecular formula is C19H26F3N3O4S. The SMILES string of the molecule is COCCN1CC[C@@H](N2CCCN(S(=O)(=O)c3ccc(C(F)(F)F)cc3)CC2)C1=O. The number of hydrogen-bond acceptors (Lipinski definition) is 5. The van der Waals surface area contributed by atoms with E-state index in [2.05, 4.69) is 0 Å². The Morgan fingerprint density at radius 1 is 1.07 bits per heavy atom. The number of hydrogen-bond donors (Lipinski definition) is 0. The zero-order valence-corrected chi connectivity index (χ0v) is 17.6. The molecule has 0 aliphatic carbocycles. The minimum atomic E-state index is -4.52. The van der Waals surface area contributed by atoms with Crippen LogP contribution in [0.1, 0.15) is 18.4 Å². The monoisotopic (exact) mass is 449 g/mol. The number of alkyl halides is 3. The Morgan fingerprint density at radius 3 is 2.40 bits per heavy atom. The largest absolute Gasteiger partial charge is 0.416 e. The summed E-state index contributed by atoms with van der Waals surface area (Å²) in [6.07, 6.45) is -3.29. The molecule has 2 saturated heterocycles. The molecule has 0 aromatic heterocycles. The van der Waals surface area contributed by atoms with Gasteiger partial charge in [-0.3, -0.25) is 9.69 Å². The fraction of sp³-hybridized carbons (Fsp3) is 0.632. The van der Waals surface area contributed by atoms with Gasteiger partial charge in [0, 0.05) is 46.4 Å². The molecule has 2 heterocycles. The molecular weight excluding hydrogens is 423 g/mol. The van der Waals surface area contributed by atoms with Gasteiger partial charge in [0.1, 0.15) is 0 Å². The van der Waals surface area contributed by atoms with Crippen LogP contribution in [-0.4, -0.2) is 87.5 Å². The van der Waals surface area contributed by atoms with Crippen LogP contribution in [0.5, 0.6) is 0 Å². The van der Waals surface area contributed by atoms with Crippen molar-refractivity contribution in [2.24, 2.45) is 0 Å². The lowest BCUT2D eigenvalue weighted by atomic mass is 10.2. The number of carbonyl (C=O) groups is 1. The predicted molar refractivity (Wildman–Crippen MR) is 103 cm³/mol. The van der Waals surface area contributed by atoms with Gasteiger partial charge in [0.15, 0.2) is 0 Å². The predicted octanol–water partition coefficient (Wildman–Crippen LogP) is 1.65. The van der Waals surface area contributed by atoms with Crippen molar-refractivity contribution in [2.75, 3.05) is 53.0 Å². The van der Waals surface area contributed by atoms with Crippen molar-refractivity contribution in [3.05, 3.63) is 29.8 Å². The number of nitrogens with zero attached hydrogens (tertiary/aromatic N) is 3. The number of likely N-dealkylation sites (tertiary alicyclic amines) is 1. The molecule has 0 radical (unpaired) electrons. The molecule has 0 unspecified atom stereocenters. The number of carbonyl (C=O) groups excluding carboxylic acids is 1. The molecule has 3 rings (SSSR count). The molecule has 2 aliphatic rings. The Kier molecular flexibility index (Phi) is 7.05. The van der Waals surface area contributed by atoms with Gasteiger partial charge in [0.2, 0.25) is 15.9 Å². The second kappa shape index (κ2) is 9.21. The average Bonchev–Trinajstić information content (AvgIpc) is 2.91. The third-order valence-corrected chi connectivity index (χ3v) is 7.50. The van der Waals surface area contributed by atoms with Gasteiger partial charge in [-0.15, -0.1) is 0 Å². The first kappa shape index (κ1) is 23.0. The third-order valence-electron chi connectivity index (χ3n) is 5.58. The molecule has 0 bridgehead atoms. The lowest BCUT2D eigenvalue weighted by Gasteiger charge is -2.26. The number of amides is 1. The first-order chi connectivity index (χ1) is 14.1. The molecule has 168 valence electrons. The van der Waals surface area contributed by atoms with Crippen molar-refractivity contribution in [3.63, 3.8) is 0 Å². The smallest absolute Gasteiger partial charge is 0.383 e. The molecule has 2 aliphatic heterocycles. The summed E-state index contributed by atoms with van der Waals surface area (Å²) < 4.78 is 70.3. The Labute approximate surface area is 174 Å². The van der Waals surface area contributed by atoms with Crippen LogP contribution in [0.25, 0.3) is 0 Å². The number of sulfonamides is 1. The Morgan fingerprint density at radius 2 is 1.77 bits per heavy atom. The van der Waals surface area contributed by atoms with Crippen molar-refractivity contribution < 1.29 is 31.1 Å². The highest BCUT2D eigenvalue weighted by Crippen LogP contribution is 2.30. The van der Waals surface area contributed by atoms with Gasteiger partial charge >= 0.3 is 6.18 Å². The quantitative estimate of drug-likeness (QED) is 0.661. The van der Waals surface area contributed by atoms with Crippen molar-refractivity contribution in [3.8, 4) is 0 Å². The van der Waals surface area contributed by atoms with E-state index < -0.39 is 21.8 Å². The van der Waals surface area contributed by atoms with Crippen LogP contribution in [0.4, 0.5) is 13.2 Å². The van der Waals surface area contributed by atoms with E-state index >= 15 is 0 Å². The highest BCUT2D eigenvalue weighted by molar-refractivity contribution is 7.89. The van der Waals surface area contributed by atoms with Gasteiger partial charge in [-0.25, -0.2) is 8.42 Å². The summed E-state index contributed by atoms with van der Waals surface area (Å²) in [6, 6.07) is 3.28. The molecule has 1 aromatic rings. The summed E-state index contributed by atoms with van der Waals surface area (Å²) in [6.45, 7) is 3.09. The average molecular weight is 449 g/mol. The summed E-state index contributed by atoms with van der Waals surface area (Å²) in [5.41, 5.74) is -0.888. The van der Waals surface area contributed by atoms with Crippen molar-refractivity contribution >= 4 is 15.9 Å². The number of methoxy groups -OCH3 is 1. The summed E-state index contributed by atoms with van der Waals surface area (Å²) in [5.74, 6) is 0.0334. The lowest BCUT2D eigenvalue weighted by molar-refractivity contribution is -0.137. The lowest BCUT2D eigenvalue weighted by Crippen LogP contribution is -2.44. The highest BCUT2D eigenvalue weighted by atomic mass is 32.2. The van der Waals surface area contributed by atoms with E-state index in [1.54, 1.807) is 12.0 Å². The minimum Gasteiger partial charge on any atom is -0.383 e. The Bertz CT molecular complexity index is 846. The van der Waals surface area contributed by atoms with Crippen LogP contribution in [0.15, 0.2) is 29.2 Å². The molecule has 11 heteroatoms. The number of halogens is 3. The summed E-state index contributed by atoms with van der Waals surface area (Å²) in [4.78, 5) is 16.3. The zero-order chi connectivity index (χ0) is 21.9. The first-order valence-corrected chi connectivity index (χ1v) is 11.3. The van der Waals surface area contributed by atoms with Gasteiger partial charge < -0.3 is 9.64 Å². The zero-order valence-electron chi connectivity index (χ0n) is 16.8. The van der Waals surface area contributed by atoms with Crippen LogP contribution in [0.3, 0.4) is 0 Å². The van der Waals surface area contributed by atoms with Gasteiger partial charge in [-0.2, -0.15) is 17.5 Å². The van der Waals surface area contributed by atoms with E-state index in [0.29, 0.717) is 45.6 Å². The highest BCUT2D eigenvalue weighted by Gasteiger charge is 2.37. The number of ether oxygens (including phenoxy) is 1. The second-order valence-electron chi connectivity index (χ2n) is 7.44. The maximum atomic E-state index is 12.9. The standard InChI is InChI=1S/C19H26F3N3O4S/c1-29-14-13-24-10-7-17(18(24)26)23-8-2-9-25(12-11-23)30(27,28)16-5-3-15(4-6-16)19(20,21)22/h3-6,17H,2,7-14H2,1H3/t17-/m1/s1. The van der Waals surface area contributed by atoms with Crippen molar-refractivity contribution in [1.82, 2.24) is 14.1 Å². The Balaban J connectivity index is 1.65. The van der Waals surface area contributed by atoms with E-state index in [1.165, 1.54) is 4.31 Å². The maximum absolute atomic E-state index is 12.9. The van der Waals surface area contributed by atoms with Gasteiger partial charge in [-0.05, 0) is 37.1 Å². The summed E-state index contributed by atoms with van der Waals surface area (Å²) in [5, 5.41) is 0. The molecule has 0 N–H and O–H groups in total.